The van der Waals surface area contributed by atoms with Crippen LogP contribution < -0.4 is 5.32 Å². The Bertz CT molecular complexity index is 537. The fraction of sp³-hybridized carbons (Fsp3) is 0.467. The molecule has 0 aromatic heterocycles. The molecule has 1 N–H and O–H groups in total. The molecule has 0 amide bonds. The molecule has 0 fully saturated rings. The van der Waals surface area contributed by atoms with Crippen molar-refractivity contribution in [3.63, 3.8) is 0 Å². The van der Waals surface area contributed by atoms with E-state index in [9.17, 15) is 4.39 Å². The Morgan fingerprint density at radius 2 is 2.05 bits per heavy atom. The second-order valence-electron chi connectivity index (χ2n) is 5.37. The monoisotopic (exact) mass is 276 g/mol. The van der Waals surface area contributed by atoms with Gasteiger partial charge in [0, 0.05) is 11.6 Å². The topological polar surface area (TPSA) is 40.0 Å². The van der Waals surface area contributed by atoms with Crippen LogP contribution in [0.15, 0.2) is 28.2 Å². The van der Waals surface area contributed by atoms with Gasteiger partial charge >= 0.3 is 0 Å². The van der Waals surface area contributed by atoms with E-state index in [1.165, 1.54) is 6.07 Å². The summed E-state index contributed by atoms with van der Waals surface area (Å²) >= 11 is 0. The number of nitrogens with zero attached hydrogens (tertiary/aromatic N) is 3. The molecule has 4 nitrogen and oxygen atoms in total. The van der Waals surface area contributed by atoms with Crippen LogP contribution >= 0.6 is 0 Å². The molecule has 0 unspecified atom stereocenters. The lowest BCUT2D eigenvalue weighted by atomic mass is 10.1. The lowest BCUT2D eigenvalue weighted by Gasteiger charge is -2.26. The van der Waals surface area contributed by atoms with E-state index in [0.29, 0.717) is 24.2 Å². The van der Waals surface area contributed by atoms with Gasteiger partial charge < -0.3 is 10.2 Å². The normalized spacial score (nSPS) is 16.3. The van der Waals surface area contributed by atoms with Crippen molar-refractivity contribution < 1.29 is 4.39 Å². The Labute approximate surface area is 119 Å². The Hall–Kier alpha value is -1.91. The largest absolute Gasteiger partial charge is 0.348 e. The number of aryl methyl sites for hydroxylation is 1. The molecular weight excluding hydrogens is 255 g/mol. The number of hydrogen-bond donors (Lipinski definition) is 1. The van der Waals surface area contributed by atoms with Crippen molar-refractivity contribution in [3.05, 3.63) is 35.1 Å². The van der Waals surface area contributed by atoms with Gasteiger partial charge in [0.2, 0.25) is 5.96 Å². The van der Waals surface area contributed by atoms with Crippen LogP contribution in [0.1, 0.15) is 37.9 Å². The van der Waals surface area contributed by atoms with Crippen LogP contribution in [0.5, 0.6) is 0 Å². The minimum atomic E-state index is -0.209. The number of halogens is 1. The quantitative estimate of drug-likeness (QED) is 0.922. The number of benzene rings is 1. The van der Waals surface area contributed by atoms with Crippen molar-refractivity contribution >= 4 is 12.3 Å². The molecule has 1 aromatic rings. The number of rotatable bonds is 3. The molecule has 1 aromatic carbocycles. The molecule has 0 spiro atoms. The molecule has 1 aliphatic rings. The first-order valence-corrected chi connectivity index (χ1v) is 6.84. The zero-order valence-corrected chi connectivity index (χ0v) is 12.4. The highest BCUT2D eigenvalue weighted by Gasteiger charge is 2.15. The van der Waals surface area contributed by atoms with Crippen LogP contribution in [0, 0.1) is 12.7 Å². The molecule has 1 aliphatic heterocycles. The Kier molecular flexibility index (Phi) is 4.37. The van der Waals surface area contributed by atoms with E-state index in [0.717, 1.165) is 5.56 Å². The first-order valence-electron chi connectivity index (χ1n) is 6.84. The summed E-state index contributed by atoms with van der Waals surface area (Å²) in [6.45, 7) is 8.61. The first-order chi connectivity index (χ1) is 9.47. The second kappa shape index (κ2) is 6.03. The van der Waals surface area contributed by atoms with Gasteiger partial charge in [0.1, 0.15) is 12.5 Å². The zero-order valence-electron chi connectivity index (χ0n) is 12.4. The second-order valence-corrected chi connectivity index (χ2v) is 5.37. The number of nitrogens with one attached hydrogen (secondary N) is 1. The van der Waals surface area contributed by atoms with E-state index < -0.39 is 0 Å². The summed E-state index contributed by atoms with van der Waals surface area (Å²) in [5.41, 5.74) is 1.67. The number of hydrogen-bond acceptors (Lipinski definition) is 4. The minimum Gasteiger partial charge on any atom is -0.348 e. The van der Waals surface area contributed by atoms with Crippen LogP contribution in [-0.4, -0.2) is 29.9 Å². The average molecular weight is 276 g/mol. The van der Waals surface area contributed by atoms with Gasteiger partial charge in [-0.05, 0) is 33.8 Å². The maximum Gasteiger partial charge on any atom is 0.221 e. The van der Waals surface area contributed by atoms with Crippen molar-refractivity contribution in [1.82, 2.24) is 10.2 Å². The van der Waals surface area contributed by atoms with Gasteiger partial charge in [-0.1, -0.05) is 17.7 Å². The van der Waals surface area contributed by atoms with E-state index in [4.69, 9.17) is 0 Å². The lowest BCUT2D eigenvalue weighted by Crippen LogP contribution is -2.36. The van der Waals surface area contributed by atoms with Gasteiger partial charge in [-0.15, -0.1) is 0 Å². The lowest BCUT2D eigenvalue weighted by molar-refractivity contribution is 0.366. The molecule has 2 rings (SSSR count). The highest BCUT2D eigenvalue weighted by atomic mass is 19.1. The van der Waals surface area contributed by atoms with Crippen LogP contribution in [0.4, 0.5) is 4.39 Å². The third-order valence-corrected chi connectivity index (χ3v) is 3.34. The van der Waals surface area contributed by atoms with Crippen molar-refractivity contribution in [2.24, 2.45) is 9.98 Å². The zero-order chi connectivity index (χ0) is 14.7. The number of guanidine groups is 1. The van der Waals surface area contributed by atoms with E-state index >= 15 is 0 Å². The summed E-state index contributed by atoms with van der Waals surface area (Å²) in [4.78, 5) is 10.7. The van der Waals surface area contributed by atoms with Gasteiger partial charge in [0.05, 0.1) is 12.4 Å². The Balaban J connectivity index is 2.04. The minimum absolute atomic E-state index is 0.170. The SMILES string of the molecule is Cc1ccc(F)c([C@H](C)NC2=NCN(C(C)C)C=N2)c1. The van der Waals surface area contributed by atoms with Gasteiger partial charge in [-0.2, -0.15) is 0 Å². The molecule has 108 valence electrons. The van der Waals surface area contributed by atoms with E-state index in [-0.39, 0.29) is 11.9 Å². The molecule has 0 bridgehead atoms. The Morgan fingerprint density at radius 3 is 2.65 bits per heavy atom. The van der Waals surface area contributed by atoms with Crippen molar-refractivity contribution in [2.75, 3.05) is 6.67 Å². The van der Waals surface area contributed by atoms with Crippen LogP contribution in [0.25, 0.3) is 0 Å². The molecule has 20 heavy (non-hydrogen) atoms. The predicted octanol–water partition coefficient (Wildman–Crippen LogP) is 2.85. The fourth-order valence-electron chi connectivity index (χ4n) is 2.00. The molecule has 0 saturated carbocycles. The van der Waals surface area contributed by atoms with Gasteiger partial charge in [0.15, 0.2) is 0 Å². The molecule has 0 saturated heterocycles. The fourth-order valence-corrected chi connectivity index (χ4v) is 2.00. The average Bonchev–Trinajstić information content (AvgIpc) is 2.42. The maximum absolute atomic E-state index is 13.8. The molecule has 0 aliphatic carbocycles. The van der Waals surface area contributed by atoms with Crippen molar-refractivity contribution in [1.29, 1.82) is 0 Å². The van der Waals surface area contributed by atoms with Gasteiger partial charge in [-0.3, -0.25) is 0 Å². The summed E-state index contributed by atoms with van der Waals surface area (Å²) in [7, 11) is 0. The summed E-state index contributed by atoms with van der Waals surface area (Å²) in [6, 6.07) is 5.31. The van der Waals surface area contributed by atoms with Gasteiger partial charge in [-0.25, -0.2) is 14.4 Å². The smallest absolute Gasteiger partial charge is 0.221 e. The van der Waals surface area contributed by atoms with Crippen LogP contribution in [0.2, 0.25) is 0 Å². The summed E-state index contributed by atoms with van der Waals surface area (Å²) in [6.07, 6.45) is 1.78. The molecular formula is C15H21FN4. The predicted molar refractivity (Wildman–Crippen MR) is 80.5 cm³/mol. The highest BCUT2D eigenvalue weighted by Crippen LogP contribution is 2.18. The summed E-state index contributed by atoms with van der Waals surface area (Å²) < 4.78 is 13.8. The maximum atomic E-state index is 13.8. The third kappa shape index (κ3) is 3.35. The van der Waals surface area contributed by atoms with E-state index in [2.05, 4.69) is 29.1 Å². The number of aliphatic imine (C=N–C) groups is 2. The van der Waals surface area contributed by atoms with E-state index in [1.54, 1.807) is 12.4 Å². The standard InChI is InChI=1S/C15H21FN4/c1-10(2)20-8-17-15(18-9-20)19-12(4)13-7-11(3)5-6-14(13)16/h5-8,10,12H,9H2,1-4H3,(H,18,19)/t12-/m0/s1. The first kappa shape index (κ1) is 14.5. The van der Waals surface area contributed by atoms with Crippen LogP contribution in [0.3, 0.4) is 0 Å². The molecule has 1 heterocycles. The highest BCUT2D eigenvalue weighted by molar-refractivity contribution is 5.89. The Morgan fingerprint density at radius 1 is 1.30 bits per heavy atom. The van der Waals surface area contributed by atoms with Crippen molar-refractivity contribution in [2.45, 2.75) is 39.8 Å². The third-order valence-electron chi connectivity index (χ3n) is 3.34. The van der Waals surface area contributed by atoms with Crippen LogP contribution in [-0.2, 0) is 0 Å². The summed E-state index contributed by atoms with van der Waals surface area (Å²) in [5.74, 6) is 0.343. The summed E-state index contributed by atoms with van der Waals surface area (Å²) in [5, 5.41) is 3.15. The van der Waals surface area contributed by atoms with Gasteiger partial charge in [0.25, 0.3) is 0 Å². The van der Waals surface area contributed by atoms with E-state index in [1.807, 2.05) is 24.8 Å². The van der Waals surface area contributed by atoms with Crippen molar-refractivity contribution in [3.8, 4) is 0 Å². The molecule has 5 heteroatoms. The molecule has 0 radical (unpaired) electrons. The molecule has 1 atom stereocenters.